The molecule has 0 heterocycles. The monoisotopic (exact) mass is 602 g/mol. The smallest absolute Gasteiger partial charge is 0.264 e. The second-order valence-electron chi connectivity index (χ2n) is 14.3. The summed E-state index contributed by atoms with van der Waals surface area (Å²) in [6.07, 6.45) is 11.7. The lowest BCUT2D eigenvalue weighted by Crippen LogP contribution is -2.54. The lowest BCUT2D eigenvalue weighted by Gasteiger charge is -2.61. The molecule has 4 aliphatic rings. The minimum Gasteiger partial charge on any atom is -0.497 e. The number of sulfonamides is 1. The van der Waals surface area contributed by atoms with Crippen LogP contribution in [0.1, 0.15) is 91.4 Å². The molecule has 9 atom stereocenters. The molecule has 0 saturated heterocycles. The Morgan fingerprint density at radius 3 is 2.38 bits per heavy atom. The van der Waals surface area contributed by atoms with Crippen LogP contribution in [0.3, 0.4) is 0 Å². The van der Waals surface area contributed by atoms with Crippen molar-refractivity contribution < 1.29 is 27.9 Å². The minimum atomic E-state index is -4.03. The number of nitrogens with one attached hydrogen (secondary N) is 2. The molecule has 42 heavy (non-hydrogen) atoms. The quantitative estimate of drug-likeness (QED) is 0.364. The van der Waals surface area contributed by atoms with Crippen molar-refractivity contribution in [3.8, 4) is 5.75 Å². The number of hydrogen-bond acceptors (Lipinski definition) is 6. The van der Waals surface area contributed by atoms with Crippen molar-refractivity contribution in [2.24, 2.45) is 46.3 Å². The van der Waals surface area contributed by atoms with Gasteiger partial charge in [0.2, 0.25) is 5.91 Å². The summed E-state index contributed by atoms with van der Waals surface area (Å²) in [6, 6.07) is 5.74. The Balaban J connectivity index is 1.10. The van der Waals surface area contributed by atoms with Gasteiger partial charge in [0.05, 0.1) is 24.7 Å². The molecule has 0 aliphatic heterocycles. The van der Waals surface area contributed by atoms with Crippen LogP contribution in [0.15, 0.2) is 29.2 Å². The van der Waals surface area contributed by atoms with Crippen LogP contribution in [-0.4, -0.2) is 45.1 Å². The Hall–Kier alpha value is -2.13. The largest absolute Gasteiger partial charge is 0.497 e. The predicted octanol–water partition coefficient (Wildman–Crippen LogP) is 5.05. The number of carbonyl (C=O) groups excluding carboxylic acids is 2. The number of carbonyl (C=O) groups is 2. The maximum absolute atomic E-state index is 12.6. The fourth-order valence-electron chi connectivity index (χ4n) is 10.0. The van der Waals surface area contributed by atoms with E-state index in [1.54, 1.807) is 0 Å². The van der Waals surface area contributed by atoms with Gasteiger partial charge in [-0.3, -0.25) is 9.59 Å². The van der Waals surface area contributed by atoms with Gasteiger partial charge in [0.15, 0.2) is 0 Å². The lowest BCUT2D eigenvalue weighted by molar-refractivity contribution is -0.130. The summed E-state index contributed by atoms with van der Waals surface area (Å²) in [5, 5.41) is 12.9. The molecule has 5 rings (SSSR count). The van der Waals surface area contributed by atoms with Crippen LogP contribution in [0.25, 0.3) is 0 Å². The van der Waals surface area contributed by atoms with Gasteiger partial charge in [-0.25, -0.2) is 13.1 Å². The van der Waals surface area contributed by atoms with E-state index >= 15 is 0 Å². The minimum absolute atomic E-state index is 0.0473. The Morgan fingerprint density at radius 1 is 0.976 bits per heavy atom. The molecule has 1 aromatic rings. The molecule has 4 fully saturated rings. The zero-order valence-corrected chi connectivity index (χ0v) is 26.5. The van der Waals surface area contributed by atoms with Crippen LogP contribution >= 0.6 is 0 Å². The van der Waals surface area contributed by atoms with E-state index in [1.165, 1.54) is 76.3 Å². The molecular weight excluding hydrogens is 552 g/mol. The number of methoxy groups -OCH3 is 1. The zero-order valence-electron chi connectivity index (χ0n) is 25.7. The third kappa shape index (κ3) is 5.97. The van der Waals surface area contributed by atoms with Gasteiger partial charge in [0.25, 0.3) is 15.9 Å². The number of aliphatic hydroxyl groups is 1. The zero-order chi connectivity index (χ0) is 30.3. The van der Waals surface area contributed by atoms with E-state index in [4.69, 9.17) is 4.74 Å². The van der Waals surface area contributed by atoms with E-state index in [2.05, 4.69) is 26.1 Å². The van der Waals surface area contributed by atoms with Crippen LogP contribution in [-0.2, 0) is 19.6 Å². The van der Waals surface area contributed by atoms with Crippen LogP contribution < -0.4 is 14.8 Å². The van der Waals surface area contributed by atoms with Crippen molar-refractivity contribution in [1.82, 2.24) is 10.0 Å². The molecule has 9 heteroatoms. The maximum Gasteiger partial charge on any atom is 0.264 e. The summed E-state index contributed by atoms with van der Waals surface area (Å²) in [4.78, 5) is 24.9. The number of ether oxygens (including phenoxy) is 1. The van der Waals surface area contributed by atoms with Crippen molar-refractivity contribution in [1.29, 1.82) is 0 Å². The normalized spacial score (nSPS) is 36.6. The molecule has 4 unspecified atom stereocenters. The highest BCUT2D eigenvalue weighted by atomic mass is 32.2. The van der Waals surface area contributed by atoms with Crippen molar-refractivity contribution in [3.63, 3.8) is 0 Å². The summed E-state index contributed by atoms with van der Waals surface area (Å²) >= 11 is 0. The van der Waals surface area contributed by atoms with Crippen molar-refractivity contribution >= 4 is 21.8 Å². The molecular formula is C33H50N2O6S. The van der Waals surface area contributed by atoms with Gasteiger partial charge in [-0.1, -0.05) is 20.8 Å². The van der Waals surface area contributed by atoms with Crippen molar-refractivity contribution in [2.75, 3.05) is 13.7 Å². The first-order valence-electron chi connectivity index (χ1n) is 16.0. The number of hydrogen-bond donors (Lipinski definition) is 3. The van der Waals surface area contributed by atoms with Gasteiger partial charge in [-0.15, -0.1) is 0 Å². The topological polar surface area (TPSA) is 122 Å². The summed E-state index contributed by atoms with van der Waals surface area (Å²) < 4.78 is 32.0. The molecule has 4 saturated carbocycles. The number of rotatable bonds is 9. The van der Waals surface area contributed by atoms with E-state index in [9.17, 15) is 23.1 Å². The highest BCUT2D eigenvalue weighted by Gasteiger charge is 2.60. The molecule has 8 nitrogen and oxygen atoms in total. The van der Waals surface area contributed by atoms with Crippen molar-refractivity contribution in [3.05, 3.63) is 24.3 Å². The van der Waals surface area contributed by atoms with Gasteiger partial charge in [0, 0.05) is 6.42 Å². The molecule has 0 bridgehead atoms. The van der Waals surface area contributed by atoms with Crippen LogP contribution in [0, 0.1) is 46.3 Å². The first-order chi connectivity index (χ1) is 19.9. The molecule has 0 aromatic heterocycles. The second-order valence-corrected chi connectivity index (χ2v) is 16.0. The van der Waals surface area contributed by atoms with Crippen molar-refractivity contribution in [2.45, 2.75) is 102 Å². The van der Waals surface area contributed by atoms with E-state index in [1.807, 2.05) is 4.72 Å². The Kier molecular flexibility index (Phi) is 9.02. The first kappa shape index (κ1) is 31.3. The SMILES string of the molecule is COc1ccc(S(=O)(=O)NC(=O)CNC(=O)CC[C@@H](C)[C@H]2CCC3C4CCC5C[C@H](O)CC[C@]5(C)C4CC[C@@]32C)cc1. The fraction of sp³-hybridized carbons (Fsp3) is 0.758. The molecule has 2 amide bonds. The van der Waals surface area contributed by atoms with E-state index < -0.39 is 15.9 Å². The standard InChI is InChI=1S/C33H50N2O6S/c1-21(5-14-30(37)34-20-31(38)35-42(39,40)25-9-7-24(41-4)8-10-25)27-12-13-28-26-11-6-22-19-23(36)15-17-32(22,2)29(26)16-18-33(27,28)3/h7-10,21-23,26-29,36H,5-6,11-20H2,1-4H3,(H,34,37)(H,35,38)/t21-,22?,23-,26?,27-,28?,29?,32+,33-/m1/s1. The predicted molar refractivity (Wildman–Crippen MR) is 161 cm³/mol. The highest BCUT2D eigenvalue weighted by molar-refractivity contribution is 7.90. The van der Waals surface area contributed by atoms with E-state index in [-0.39, 0.29) is 23.5 Å². The van der Waals surface area contributed by atoms with Gasteiger partial charge < -0.3 is 15.2 Å². The highest BCUT2D eigenvalue weighted by Crippen LogP contribution is 2.68. The van der Waals surface area contributed by atoms with Crippen LogP contribution in [0.5, 0.6) is 5.75 Å². The third-order valence-electron chi connectivity index (χ3n) is 12.3. The average Bonchev–Trinajstić information content (AvgIpc) is 3.32. The third-order valence-corrected chi connectivity index (χ3v) is 13.7. The van der Waals surface area contributed by atoms with Gasteiger partial charge in [-0.2, -0.15) is 0 Å². The summed E-state index contributed by atoms with van der Waals surface area (Å²) in [7, 11) is -2.54. The Morgan fingerprint density at radius 2 is 1.67 bits per heavy atom. The van der Waals surface area contributed by atoms with E-state index in [0.29, 0.717) is 40.8 Å². The number of amides is 2. The van der Waals surface area contributed by atoms with Gasteiger partial charge >= 0.3 is 0 Å². The number of fused-ring (bicyclic) bond motifs is 5. The maximum atomic E-state index is 12.6. The fourth-order valence-corrected chi connectivity index (χ4v) is 11.0. The summed E-state index contributed by atoms with van der Waals surface area (Å²) in [5.41, 5.74) is 0.690. The molecule has 3 N–H and O–H groups in total. The van der Waals surface area contributed by atoms with Crippen LogP contribution in [0.2, 0.25) is 0 Å². The molecule has 4 aliphatic carbocycles. The van der Waals surface area contributed by atoms with Gasteiger partial charge in [0.1, 0.15) is 5.75 Å². The molecule has 234 valence electrons. The van der Waals surface area contributed by atoms with Crippen LogP contribution in [0.4, 0.5) is 0 Å². The second kappa shape index (κ2) is 12.1. The van der Waals surface area contributed by atoms with E-state index in [0.717, 1.165) is 37.0 Å². The lowest BCUT2D eigenvalue weighted by atomic mass is 9.44. The average molecular weight is 603 g/mol. The summed E-state index contributed by atoms with van der Waals surface area (Å²) in [6.45, 7) is 6.96. The number of benzene rings is 1. The van der Waals surface area contributed by atoms with Gasteiger partial charge in [-0.05, 0) is 135 Å². The summed E-state index contributed by atoms with van der Waals surface area (Å²) in [5.74, 6) is 3.49. The Bertz CT molecular complexity index is 1250. The number of aliphatic hydroxyl groups excluding tert-OH is 1. The first-order valence-corrected chi connectivity index (χ1v) is 17.5. The molecule has 1 aromatic carbocycles. The molecule has 0 radical (unpaired) electrons. The molecule has 0 spiro atoms. The Labute approximate surface area is 251 Å².